The number of hydrogen-bond acceptors (Lipinski definition) is 3. The minimum atomic E-state index is -0.853. The SMILES string of the molecule is CC(c1cc(F)ccc1F)N(C)C(=O)CN1C(=O)N(C)C2(CCCCC2)C1=O. The molecule has 3 rings (SSSR count). The number of carbonyl (C=O) groups is 3. The first kappa shape index (κ1) is 20.2. The molecule has 0 radical (unpaired) electrons. The van der Waals surface area contributed by atoms with Crippen LogP contribution in [-0.4, -0.2) is 58.7 Å². The van der Waals surface area contributed by atoms with Gasteiger partial charge in [0.05, 0.1) is 6.04 Å². The molecule has 8 heteroatoms. The molecule has 2 aliphatic rings. The minimum Gasteiger partial charge on any atom is -0.337 e. The molecule has 28 heavy (non-hydrogen) atoms. The van der Waals surface area contributed by atoms with Crippen molar-refractivity contribution in [1.82, 2.24) is 14.7 Å². The van der Waals surface area contributed by atoms with E-state index in [2.05, 4.69) is 0 Å². The molecule has 0 N–H and O–H groups in total. The van der Waals surface area contributed by atoms with Crippen LogP contribution in [-0.2, 0) is 9.59 Å². The van der Waals surface area contributed by atoms with Crippen molar-refractivity contribution in [2.75, 3.05) is 20.6 Å². The van der Waals surface area contributed by atoms with E-state index >= 15 is 0 Å². The van der Waals surface area contributed by atoms with Gasteiger partial charge in [0.2, 0.25) is 5.91 Å². The Morgan fingerprint density at radius 2 is 1.86 bits per heavy atom. The van der Waals surface area contributed by atoms with E-state index in [1.807, 2.05) is 0 Å². The van der Waals surface area contributed by atoms with Crippen molar-refractivity contribution >= 4 is 17.8 Å². The van der Waals surface area contributed by atoms with Crippen LogP contribution in [0.2, 0.25) is 0 Å². The van der Waals surface area contributed by atoms with Crippen LogP contribution >= 0.6 is 0 Å². The number of rotatable bonds is 4. The first-order valence-corrected chi connectivity index (χ1v) is 9.49. The molecule has 1 unspecified atom stereocenters. The van der Waals surface area contributed by atoms with Gasteiger partial charge in [0.25, 0.3) is 5.91 Å². The van der Waals surface area contributed by atoms with Gasteiger partial charge < -0.3 is 9.80 Å². The predicted molar refractivity (Wildman–Crippen MR) is 98.2 cm³/mol. The van der Waals surface area contributed by atoms with Crippen LogP contribution in [0.15, 0.2) is 18.2 Å². The third-order valence-electron chi connectivity index (χ3n) is 6.16. The highest BCUT2D eigenvalue weighted by atomic mass is 19.1. The van der Waals surface area contributed by atoms with Crippen LogP contribution in [0.4, 0.5) is 13.6 Å². The Kier molecular flexibility index (Phi) is 5.41. The van der Waals surface area contributed by atoms with E-state index < -0.39 is 41.7 Å². The summed E-state index contributed by atoms with van der Waals surface area (Å²) in [4.78, 5) is 42.0. The molecule has 1 heterocycles. The van der Waals surface area contributed by atoms with Gasteiger partial charge in [0, 0.05) is 19.7 Å². The van der Waals surface area contributed by atoms with Gasteiger partial charge in [-0.3, -0.25) is 14.5 Å². The number of likely N-dealkylation sites (N-methyl/N-ethyl adjacent to an activating group) is 2. The van der Waals surface area contributed by atoms with E-state index in [9.17, 15) is 23.2 Å². The van der Waals surface area contributed by atoms with Crippen molar-refractivity contribution in [1.29, 1.82) is 0 Å². The molecule has 1 aromatic rings. The summed E-state index contributed by atoms with van der Waals surface area (Å²) in [5.74, 6) is -2.08. The fraction of sp³-hybridized carbons (Fsp3) is 0.550. The average molecular weight is 393 g/mol. The topological polar surface area (TPSA) is 60.9 Å². The summed E-state index contributed by atoms with van der Waals surface area (Å²) in [5.41, 5.74) is -0.815. The van der Waals surface area contributed by atoms with Crippen LogP contribution in [0, 0.1) is 11.6 Å². The Hall–Kier alpha value is -2.51. The highest BCUT2D eigenvalue weighted by Crippen LogP contribution is 2.39. The van der Waals surface area contributed by atoms with Crippen LogP contribution in [0.25, 0.3) is 0 Å². The van der Waals surface area contributed by atoms with Crippen LogP contribution < -0.4 is 0 Å². The summed E-state index contributed by atoms with van der Waals surface area (Å²) in [6.07, 6.45) is 3.94. The van der Waals surface area contributed by atoms with Gasteiger partial charge in [-0.2, -0.15) is 0 Å². The number of carbonyl (C=O) groups excluding carboxylic acids is 3. The molecule has 4 amide bonds. The lowest BCUT2D eigenvalue weighted by Gasteiger charge is -2.35. The van der Waals surface area contributed by atoms with Gasteiger partial charge >= 0.3 is 6.03 Å². The summed E-state index contributed by atoms with van der Waals surface area (Å²) >= 11 is 0. The largest absolute Gasteiger partial charge is 0.337 e. The van der Waals surface area contributed by atoms with E-state index in [0.29, 0.717) is 12.8 Å². The minimum absolute atomic E-state index is 0.0378. The van der Waals surface area contributed by atoms with Crippen LogP contribution in [0.3, 0.4) is 0 Å². The van der Waals surface area contributed by atoms with E-state index in [1.165, 1.54) is 16.8 Å². The average Bonchev–Trinajstić information content (AvgIpc) is 2.85. The first-order chi connectivity index (χ1) is 13.2. The third-order valence-corrected chi connectivity index (χ3v) is 6.16. The van der Waals surface area contributed by atoms with E-state index in [4.69, 9.17) is 0 Å². The summed E-state index contributed by atoms with van der Waals surface area (Å²) in [7, 11) is 3.05. The monoisotopic (exact) mass is 393 g/mol. The van der Waals surface area contributed by atoms with Crippen molar-refractivity contribution in [2.24, 2.45) is 0 Å². The number of halogens is 2. The number of nitrogens with zero attached hydrogens (tertiary/aromatic N) is 3. The van der Waals surface area contributed by atoms with Crippen molar-refractivity contribution in [3.8, 4) is 0 Å². The summed E-state index contributed by atoms with van der Waals surface area (Å²) < 4.78 is 27.5. The van der Waals surface area contributed by atoms with Gasteiger partial charge in [0.1, 0.15) is 23.7 Å². The molecule has 1 saturated heterocycles. The van der Waals surface area contributed by atoms with E-state index in [1.54, 1.807) is 14.0 Å². The third kappa shape index (κ3) is 3.25. The molecule has 6 nitrogen and oxygen atoms in total. The van der Waals surface area contributed by atoms with Crippen LogP contribution in [0.5, 0.6) is 0 Å². The second kappa shape index (κ2) is 7.48. The summed E-state index contributed by atoms with van der Waals surface area (Å²) in [5, 5.41) is 0. The smallest absolute Gasteiger partial charge is 0.327 e. The second-order valence-electron chi connectivity index (χ2n) is 7.67. The zero-order valence-corrected chi connectivity index (χ0v) is 16.4. The number of imide groups is 1. The molecule has 0 bridgehead atoms. The lowest BCUT2D eigenvalue weighted by molar-refractivity contribution is -0.140. The maximum absolute atomic E-state index is 14.0. The van der Waals surface area contributed by atoms with Gasteiger partial charge in [0.15, 0.2) is 0 Å². The predicted octanol–water partition coefficient (Wildman–Crippen LogP) is 3.08. The Balaban J connectivity index is 1.75. The molecule has 0 aromatic heterocycles. The fourth-order valence-corrected chi connectivity index (χ4v) is 4.18. The molecule has 1 atom stereocenters. The number of amides is 4. The zero-order valence-electron chi connectivity index (χ0n) is 16.4. The standard InChI is InChI=1S/C20H25F2N3O3/c1-13(15-11-14(21)7-8-16(15)22)23(2)17(26)12-25-18(27)20(24(3)19(25)28)9-5-4-6-10-20/h7-8,11,13H,4-6,9-10,12H2,1-3H3. The Labute approximate surface area is 163 Å². The Morgan fingerprint density at radius 3 is 2.50 bits per heavy atom. The molecule has 1 aromatic carbocycles. The normalized spacial score (nSPS) is 20.0. The molecular weight excluding hydrogens is 368 g/mol. The highest BCUT2D eigenvalue weighted by molar-refractivity contribution is 6.08. The Bertz CT molecular complexity index is 808. The lowest BCUT2D eigenvalue weighted by Crippen LogP contribution is -2.49. The van der Waals surface area contributed by atoms with Gasteiger partial charge in [-0.25, -0.2) is 13.6 Å². The molecule has 1 saturated carbocycles. The summed E-state index contributed by atoms with van der Waals surface area (Å²) in [6, 6.07) is 1.82. The maximum Gasteiger partial charge on any atom is 0.327 e. The second-order valence-corrected chi connectivity index (χ2v) is 7.67. The first-order valence-electron chi connectivity index (χ1n) is 9.49. The molecule has 1 spiro atoms. The molecule has 152 valence electrons. The highest BCUT2D eigenvalue weighted by Gasteiger charge is 2.56. The van der Waals surface area contributed by atoms with Crippen molar-refractivity contribution in [3.05, 3.63) is 35.4 Å². The fourth-order valence-electron chi connectivity index (χ4n) is 4.18. The lowest BCUT2D eigenvalue weighted by atomic mass is 9.81. The Morgan fingerprint density at radius 1 is 1.21 bits per heavy atom. The quantitative estimate of drug-likeness (QED) is 0.739. The molecular formula is C20H25F2N3O3. The van der Waals surface area contributed by atoms with Crippen molar-refractivity contribution < 1.29 is 23.2 Å². The number of hydrogen-bond donors (Lipinski definition) is 0. The molecule has 1 aliphatic heterocycles. The summed E-state index contributed by atoms with van der Waals surface area (Å²) in [6.45, 7) is 1.15. The van der Waals surface area contributed by atoms with Gasteiger partial charge in [-0.1, -0.05) is 19.3 Å². The van der Waals surface area contributed by atoms with Crippen molar-refractivity contribution in [3.63, 3.8) is 0 Å². The van der Waals surface area contributed by atoms with Crippen LogP contribution in [0.1, 0.15) is 50.6 Å². The van der Waals surface area contributed by atoms with Crippen molar-refractivity contribution in [2.45, 2.75) is 50.6 Å². The maximum atomic E-state index is 14.0. The van der Waals surface area contributed by atoms with E-state index in [-0.39, 0.29) is 11.5 Å². The zero-order chi connectivity index (χ0) is 20.6. The molecule has 1 aliphatic carbocycles. The number of benzene rings is 1. The molecule has 2 fully saturated rings. The van der Waals surface area contributed by atoms with E-state index in [0.717, 1.165) is 42.4 Å². The van der Waals surface area contributed by atoms with Gasteiger partial charge in [-0.05, 0) is 38.0 Å². The van der Waals surface area contributed by atoms with Gasteiger partial charge in [-0.15, -0.1) is 0 Å². The number of urea groups is 1.